The minimum absolute atomic E-state index is 0.0224. The number of halogens is 2. The first kappa shape index (κ1) is 14.5. The highest BCUT2D eigenvalue weighted by atomic mass is 79.9. The van der Waals surface area contributed by atoms with Crippen LogP contribution >= 0.6 is 15.9 Å². The largest absolute Gasteiger partial charge is 0.397 e. The number of aryl methyl sites for hydroxylation is 2. The van der Waals surface area contributed by atoms with Crippen molar-refractivity contribution in [2.24, 2.45) is 0 Å². The van der Waals surface area contributed by atoms with E-state index in [4.69, 9.17) is 5.73 Å². The summed E-state index contributed by atoms with van der Waals surface area (Å²) in [6.07, 6.45) is 0. The van der Waals surface area contributed by atoms with E-state index in [-0.39, 0.29) is 5.56 Å². The quantitative estimate of drug-likeness (QED) is 0.813. The van der Waals surface area contributed by atoms with Gasteiger partial charge in [-0.1, -0.05) is 15.9 Å². The molecule has 3 N–H and O–H groups in total. The SMILES string of the molecule is Cc1cc(N)c(NC(=O)c2ccc(Br)cc2F)cc1C. The summed E-state index contributed by atoms with van der Waals surface area (Å²) in [5.41, 5.74) is 8.83. The molecule has 0 spiro atoms. The van der Waals surface area contributed by atoms with Gasteiger partial charge >= 0.3 is 0 Å². The first-order valence-electron chi connectivity index (χ1n) is 6.01. The molecule has 0 saturated carbocycles. The van der Waals surface area contributed by atoms with Crippen molar-refractivity contribution in [2.45, 2.75) is 13.8 Å². The zero-order chi connectivity index (χ0) is 14.9. The molecule has 20 heavy (non-hydrogen) atoms. The molecule has 2 aromatic carbocycles. The Bertz CT molecular complexity index is 686. The molecular formula is C15H14BrFN2O. The smallest absolute Gasteiger partial charge is 0.258 e. The zero-order valence-corrected chi connectivity index (χ0v) is 12.7. The summed E-state index contributed by atoms with van der Waals surface area (Å²) in [4.78, 5) is 12.1. The van der Waals surface area contributed by atoms with Gasteiger partial charge in [-0.3, -0.25) is 4.79 Å². The first-order chi connectivity index (χ1) is 9.38. The summed E-state index contributed by atoms with van der Waals surface area (Å²) >= 11 is 3.15. The summed E-state index contributed by atoms with van der Waals surface area (Å²) < 4.78 is 14.3. The van der Waals surface area contributed by atoms with Crippen molar-refractivity contribution in [1.82, 2.24) is 0 Å². The van der Waals surface area contributed by atoms with Crippen LogP contribution in [0.5, 0.6) is 0 Å². The Morgan fingerprint density at radius 2 is 1.85 bits per heavy atom. The predicted molar refractivity (Wildman–Crippen MR) is 82.4 cm³/mol. The summed E-state index contributed by atoms with van der Waals surface area (Å²) in [5.74, 6) is -1.11. The fraction of sp³-hybridized carbons (Fsp3) is 0.133. The van der Waals surface area contributed by atoms with E-state index in [1.807, 2.05) is 13.8 Å². The topological polar surface area (TPSA) is 55.1 Å². The summed E-state index contributed by atoms with van der Waals surface area (Å²) in [7, 11) is 0. The van der Waals surface area contributed by atoms with Crippen molar-refractivity contribution in [3.63, 3.8) is 0 Å². The number of anilines is 2. The third-order valence-corrected chi connectivity index (χ3v) is 3.58. The monoisotopic (exact) mass is 336 g/mol. The number of benzene rings is 2. The van der Waals surface area contributed by atoms with Gasteiger partial charge in [-0.2, -0.15) is 0 Å². The lowest BCUT2D eigenvalue weighted by Crippen LogP contribution is -2.15. The Balaban J connectivity index is 2.30. The molecule has 0 heterocycles. The van der Waals surface area contributed by atoms with Crippen molar-refractivity contribution in [3.8, 4) is 0 Å². The molecule has 0 aliphatic rings. The number of rotatable bonds is 2. The molecular weight excluding hydrogens is 323 g/mol. The molecule has 0 radical (unpaired) electrons. The summed E-state index contributed by atoms with van der Waals surface area (Å²) in [6, 6.07) is 7.84. The molecule has 3 nitrogen and oxygen atoms in total. The van der Waals surface area contributed by atoms with Gasteiger partial charge in [-0.25, -0.2) is 4.39 Å². The number of nitrogens with two attached hydrogens (primary N) is 1. The van der Waals surface area contributed by atoms with Gasteiger partial charge in [0, 0.05) is 4.47 Å². The summed E-state index contributed by atoms with van der Waals surface area (Å²) in [5, 5.41) is 2.64. The van der Waals surface area contributed by atoms with Gasteiger partial charge in [-0.05, 0) is 55.3 Å². The van der Waals surface area contributed by atoms with Gasteiger partial charge in [0.1, 0.15) is 5.82 Å². The lowest BCUT2D eigenvalue weighted by Gasteiger charge is -2.11. The van der Waals surface area contributed by atoms with Crippen molar-refractivity contribution in [2.75, 3.05) is 11.1 Å². The van der Waals surface area contributed by atoms with Crippen LogP contribution in [0.25, 0.3) is 0 Å². The number of amides is 1. The van der Waals surface area contributed by atoms with Crippen LogP contribution in [0.3, 0.4) is 0 Å². The van der Waals surface area contributed by atoms with E-state index < -0.39 is 11.7 Å². The van der Waals surface area contributed by atoms with E-state index in [2.05, 4.69) is 21.2 Å². The molecule has 0 fully saturated rings. The average molecular weight is 337 g/mol. The molecule has 2 rings (SSSR count). The number of nitrogen functional groups attached to an aromatic ring is 1. The highest BCUT2D eigenvalue weighted by Crippen LogP contribution is 2.24. The number of hydrogen-bond donors (Lipinski definition) is 2. The molecule has 0 aliphatic heterocycles. The molecule has 2 aromatic rings. The van der Waals surface area contributed by atoms with Crippen LogP contribution < -0.4 is 11.1 Å². The second-order valence-corrected chi connectivity index (χ2v) is 5.52. The maximum atomic E-state index is 13.7. The third kappa shape index (κ3) is 2.99. The maximum Gasteiger partial charge on any atom is 0.258 e. The van der Waals surface area contributed by atoms with Crippen molar-refractivity contribution >= 4 is 33.2 Å². The lowest BCUT2D eigenvalue weighted by molar-refractivity contribution is 0.102. The van der Waals surface area contributed by atoms with Crippen LogP contribution in [0.2, 0.25) is 0 Å². The first-order valence-corrected chi connectivity index (χ1v) is 6.81. The lowest BCUT2D eigenvalue weighted by atomic mass is 10.1. The van der Waals surface area contributed by atoms with Crippen molar-refractivity contribution < 1.29 is 9.18 Å². The van der Waals surface area contributed by atoms with Gasteiger partial charge in [0.25, 0.3) is 5.91 Å². The number of carbonyl (C=O) groups is 1. The normalized spacial score (nSPS) is 10.4. The molecule has 0 aromatic heterocycles. The summed E-state index contributed by atoms with van der Waals surface area (Å²) in [6.45, 7) is 3.86. The molecule has 104 valence electrons. The number of nitrogens with one attached hydrogen (secondary N) is 1. The Morgan fingerprint density at radius 3 is 2.50 bits per heavy atom. The van der Waals surface area contributed by atoms with E-state index in [0.29, 0.717) is 15.8 Å². The highest BCUT2D eigenvalue weighted by molar-refractivity contribution is 9.10. The second-order valence-electron chi connectivity index (χ2n) is 4.60. The Kier molecular flexibility index (Phi) is 4.09. The average Bonchev–Trinajstić information content (AvgIpc) is 2.35. The Labute approximate surface area is 125 Å². The molecule has 0 unspecified atom stereocenters. The number of hydrogen-bond acceptors (Lipinski definition) is 2. The van der Waals surface area contributed by atoms with Crippen LogP contribution in [0.1, 0.15) is 21.5 Å². The van der Waals surface area contributed by atoms with Crippen LogP contribution in [-0.2, 0) is 0 Å². The number of carbonyl (C=O) groups excluding carboxylic acids is 1. The fourth-order valence-electron chi connectivity index (χ4n) is 1.81. The van der Waals surface area contributed by atoms with Crippen molar-refractivity contribution in [3.05, 3.63) is 57.3 Å². The minimum atomic E-state index is -0.584. The van der Waals surface area contributed by atoms with E-state index in [1.54, 1.807) is 18.2 Å². The zero-order valence-electron chi connectivity index (χ0n) is 11.1. The Hall–Kier alpha value is -1.88. The Morgan fingerprint density at radius 1 is 1.20 bits per heavy atom. The van der Waals surface area contributed by atoms with Crippen LogP contribution in [0, 0.1) is 19.7 Å². The highest BCUT2D eigenvalue weighted by Gasteiger charge is 2.13. The van der Waals surface area contributed by atoms with E-state index in [9.17, 15) is 9.18 Å². The second kappa shape index (κ2) is 5.63. The standard InChI is InChI=1S/C15H14BrFN2O/c1-8-5-13(18)14(6-9(8)2)19-15(20)11-4-3-10(16)7-12(11)17/h3-7H,18H2,1-2H3,(H,19,20). The fourth-order valence-corrected chi connectivity index (χ4v) is 2.14. The molecule has 0 saturated heterocycles. The van der Waals surface area contributed by atoms with E-state index >= 15 is 0 Å². The van der Waals surface area contributed by atoms with Crippen LogP contribution in [-0.4, -0.2) is 5.91 Å². The van der Waals surface area contributed by atoms with Crippen LogP contribution in [0.15, 0.2) is 34.8 Å². The molecule has 0 bridgehead atoms. The van der Waals surface area contributed by atoms with Gasteiger partial charge < -0.3 is 11.1 Å². The predicted octanol–water partition coefficient (Wildman–Crippen LogP) is 4.04. The van der Waals surface area contributed by atoms with Gasteiger partial charge in [0.05, 0.1) is 16.9 Å². The van der Waals surface area contributed by atoms with E-state index in [1.165, 1.54) is 12.1 Å². The van der Waals surface area contributed by atoms with E-state index in [0.717, 1.165) is 11.1 Å². The molecule has 0 aliphatic carbocycles. The molecule has 5 heteroatoms. The molecule has 1 amide bonds. The maximum absolute atomic E-state index is 13.7. The minimum Gasteiger partial charge on any atom is -0.397 e. The molecule has 0 atom stereocenters. The van der Waals surface area contributed by atoms with Gasteiger partial charge in [0.15, 0.2) is 0 Å². The van der Waals surface area contributed by atoms with Crippen molar-refractivity contribution in [1.29, 1.82) is 0 Å². The van der Waals surface area contributed by atoms with Gasteiger partial charge in [0.2, 0.25) is 0 Å². The third-order valence-electron chi connectivity index (χ3n) is 3.09. The van der Waals surface area contributed by atoms with Gasteiger partial charge in [-0.15, -0.1) is 0 Å². The van der Waals surface area contributed by atoms with Crippen LogP contribution in [0.4, 0.5) is 15.8 Å².